The van der Waals surface area contributed by atoms with Crippen molar-refractivity contribution in [1.82, 2.24) is 4.90 Å². The highest BCUT2D eigenvalue weighted by atomic mass is 16.6. The summed E-state index contributed by atoms with van der Waals surface area (Å²) in [6, 6.07) is 13.6. The van der Waals surface area contributed by atoms with Crippen LogP contribution in [0, 0.1) is 0 Å². The monoisotopic (exact) mass is 421 g/mol. The SMILES string of the molecule is O=C1C(=O)N(CC2CCCO2)C(c2ccccc2)C1=C(O)c1ccc2c(c1)OCCO2. The zero-order chi connectivity index (χ0) is 21.4. The van der Waals surface area contributed by atoms with E-state index in [0.29, 0.717) is 43.4 Å². The molecule has 3 heterocycles. The van der Waals surface area contributed by atoms with Gasteiger partial charge in [-0.3, -0.25) is 9.59 Å². The molecule has 1 N–H and O–H groups in total. The van der Waals surface area contributed by atoms with Crippen LogP contribution in [0.1, 0.15) is 30.0 Å². The molecule has 0 radical (unpaired) electrons. The van der Waals surface area contributed by atoms with Crippen LogP contribution >= 0.6 is 0 Å². The van der Waals surface area contributed by atoms with Crippen LogP contribution in [0.5, 0.6) is 11.5 Å². The maximum absolute atomic E-state index is 13.1. The van der Waals surface area contributed by atoms with Crippen LogP contribution in [0.4, 0.5) is 0 Å². The number of Topliss-reactive ketones (excluding diaryl/α,β-unsaturated/α-hetero) is 1. The van der Waals surface area contributed by atoms with Gasteiger partial charge >= 0.3 is 0 Å². The van der Waals surface area contributed by atoms with E-state index in [1.165, 1.54) is 4.90 Å². The number of aliphatic hydroxyl groups excluding tert-OH is 1. The molecular formula is C24H23NO6. The maximum Gasteiger partial charge on any atom is 0.295 e. The Morgan fingerprint density at radius 2 is 1.77 bits per heavy atom. The van der Waals surface area contributed by atoms with Gasteiger partial charge in [0.1, 0.15) is 19.0 Å². The minimum atomic E-state index is -0.695. The number of amides is 1. The number of carbonyl (C=O) groups is 2. The molecule has 5 rings (SSSR count). The number of ketones is 1. The number of benzene rings is 2. The number of aliphatic hydroxyl groups is 1. The van der Waals surface area contributed by atoms with Gasteiger partial charge in [0.2, 0.25) is 0 Å². The van der Waals surface area contributed by atoms with Crippen molar-refractivity contribution in [2.45, 2.75) is 25.0 Å². The molecule has 160 valence electrons. The summed E-state index contributed by atoms with van der Waals surface area (Å²) in [5.74, 6) is -0.455. The highest BCUT2D eigenvalue weighted by molar-refractivity contribution is 6.46. The smallest absolute Gasteiger partial charge is 0.295 e. The van der Waals surface area contributed by atoms with E-state index in [0.717, 1.165) is 18.4 Å². The van der Waals surface area contributed by atoms with Crippen LogP contribution in [0.25, 0.3) is 5.76 Å². The normalized spacial score (nSPS) is 24.6. The molecule has 3 aliphatic heterocycles. The summed E-state index contributed by atoms with van der Waals surface area (Å²) in [7, 11) is 0. The van der Waals surface area contributed by atoms with E-state index < -0.39 is 17.7 Å². The molecule has 2 atom stereocenters. The predicted molar refractivity (Wildman–Crippen MR) is 112 cm³/mol. The third-order valence-electron chi connectivity index (χ3n) is 5.90. The van der Waals surface area contributed by atoms with Gasteiger partial charge in [0, 0.05) is 18.7 Å². The van der Waals surface area contributed by atoms with Crippen LogP contribution in [0.15, 0.2) is 54.1 Å². The molecule has 0 aromatic heterocycles. The predicted octanol–water partition coefficient (Wildman–Crippen LogP) is 3.06. The standard InChI is InChI=1S/C24H23NO6/c26-22(16-8-9-18-19(13-16)31-12-11-30-18)20-21(15-5-2-1-3-6-15)25(24(28)23(20)27)14-17-7-4-10-29-17/h1-3,5-6,8-9,13,17,21,26H,4,7,10-12,14H2. The third kappa shape index (κ3) is 3.55. The minimum absolute atomic E-state index is 0.0749. The van der Waals surface area contributed by atoms with Crippen molar-refractivity contribution in [1.29, 1.82) is 0 Å². The lowest BCUT2D eigenvalue weighted by Gasteiger charge is -2.27. The van der Waals surface area contributed by atoms with Gasteiger partial charge in [-0.15, -0.1) is 0 Å². The van der Waals surface area contributed by atoms with Gasteiger partial charge in [-0.2, -0.15) is 0 Å². The summed E-state index contributed by atoms with van der Waals surface area (Å²) in [5, 5.41) is 11.2. The largest absolute Gasteiger partial charge is 0.507 e. The van der Waals surface area contributed by atoms with E-state index in [2.05, 4.69) is 0 Å². The summed E-state index contributed by atoms with van der Waals surface area (Å²) in [6.07, 6.45) is 1.66. The first-order chi connectivity index (χ1) is 15.1. The van der Waals surface area contributed by atoms with E-state index >= 15 is 0 Å². The maximum atomic E-state index is 13.1. The van der Waals surface area contributed by atoms with E-state index in [1.807, 2.05) is 30.3 Å². The molecule has 2 aromatic carbocycles. The first-order valence-electron chi connectivity index (χ1n) is 10.5. The van der Waals surface area contributed by atoms with Gasteiger partial charge in [0.15, 0.2) is 11.5 Å². The quantitative estimate of drug-likeness (QED) is 0.464. The van der Waals surface area contributed by atoms with Crippen molar-refractivity contribution in [2.75, 3.05) is 26.4 Å². The average Bonchev–Trinajstić information content (AvgIpc) is 3.41. The molecule has 0 saturated carbocycles. The molecule has 31 heavy (non-hydrogen) atoms. The number of nitrogens with zero attached hydrogens (tertiary/aromatic N) is 1. The second kappa shape index (κ2) is 8.07. The van der Waals surface area contributed by atoms with Crippen molar-refractivity contribution < 1.29 is 28.9 Å². The number of hydrogen-bond acceptors (Lipinski definition) is 6. The van der Waals surface area contributed by atoms with E-state index in [9.17, 15) is 14.7 Å². The highest BCUT2D eigenvalue weighted by Crippen LogP contribution is 2.41. The van der Waals surface area contributed by atoms with Crippen LogP contribution < -0.4 is 9.47 Å². The number of fused-ring (bicyclic) bond motifs is 1. The fraction of sp³-hybridized carbons (Fsp3) is 0.333. The molecule has 1 amide bonds. The third-order valence-corrected chi connectivity index (χ3v) is 5.90. The lowest BCUT2D eigenvalue weighted by molar-refractivity contribution is -0.140. The Hall–Kier alpha value is -3.32. The van der Waals surface area contributed by atoms with Crippen LogP contribution in [0.2, 0.25) is 0 Å². The van der Waals surface area contributed by atoms with E-state index in [1.54, 1.807) is 18.2 Å². The molecule has 2 saturated heterocycles. The number of ether oxygens (including phenoxy) is 3. The number of likely N-dealkylation sites (tertiary alicyclic amines) is 1. The summed E-state index contributed by atoms with van der Waals surface area (Å²) in [5.41, 5.74) is 1.24. The summed E-state index contributed by atoms with van der Waals surface area (Å²) < 4.78 is 16.9. The van der Waals surface area contributed by atoms with Crippen molar-refractivity contribution >= 4 is 17.4 Å². The van der Waals surface area contributed by atoms with Crippen LogP contribution in [-0.2, 0) is 14.3 Å². The Balaban J connectivity index is 1.59. The molecule has 2 fully saturated rings. The molecule has 2 unspecified atom stereocenters. The Morgan fingerprint density at radius 1 is 1.00 bits per heavy atom. The van der Waals surface area contributed by atoms with Crippen LogP contribution in [0.3, 0.4) is 0 Å². The average molecular weight is 421 g/mol. The Kier molecular flexibility index (Phi) is 5.11. The second-order valence-corrected chi connectivity index (χ2v) is 7.86. The van der Waals surface area contributed by atoms with Crippen molar-refractivity contribution in [2.24, 2.45) is 0 Å². The molecule has 7 nitrogen and oxygen atoms in total. The van der Waals surface area contributed by atoms with Gasteiger partial charge in [0.25, 0.3) is 11.7 Å². The fourth-order valence-corrected chi connectivity index (χ4v) is 4.40. The van der Waals surface area contributed by atoms with Crippen LogP contribution in [-0.4, -0.2) is 54.2 Å². The number of hydrogen-bond donors (Lipinski definition) is 1. The summed E-state index contributed by atoms with van der Waals surface area (Å²) in [4.78, 5) is 27.6. The second-order valence-electron chi connectivity index (χ2n) is 7.86. The first-order valence-corrected chi connectivity index (χ1v) is 10.5. The summed E-state index contributed by atoms with van der Waals surface area (Å²) >= 11 is 0. The molecule has 3 aliphatic rings. The molecular weight excluding hydrogens is 398 g/mol. The Bertz CT molecular complexity index is 1040. The summed E-state index contributed by atoms with van der Waals surface area (Å²) in [6.45, 7) is 1.83. The first kappa shape index (κ1) is 19.6. The van der Waals surface area contributed by atoms with E-state index in [4.69, 9.17) is 14.2 Å². The molecule has 0 bridgehead atoms. The van der Waals surface area contributed by atoms with Gasteiger partial charge in [-0.05, 0) is 36.6 Å². The topological polar surface area (TPSA) is 85.3 Å². The highest BCUT2D eigenvalue weighted by Gasteiger charge is 2.47. The Morgan fingerprint density at radius 3 is 2.52 bits per heavy atom. The molecule has 0 aliphatic carbocycles. The lowest BCUT2D eigenvalue weighted by Crippen LogP contribution is -2.36. The van der Waals surface area contributed by atoms with Crippen molar-refractivity contribution in [3.05, 3.63) is 65.2 Å². The van der Waals surface area contributed by atoms with Crippen molar-refractivity contribution in [3.63, 3.8) is 0 Å². The van der Waals surface area contributed by atoms with Gasteiger partial charge in [0.05, 0.1) is 17.7 Å². The van der Waals surface area contributed by atoms with Gasteiger partial charge < -0.3 is 24.2 Å². The van der Waals surface area contributed by atoms with Crippen molar-refractivity contribution in [3.8, 4) is 11.5 Å². The number of rotatable bonds is 4. The number of carbonyl (C=O) groups excluding carboxylic acids is 2. The zero-order valence-corrected chi connectivity index (χ0v) is 17.0. The fourth-order valence-electron chi connectivity index (χ4n) is 4.40. The van der Waals surface area contributed by atoms with Gasteiger partial charge in [-0.25, -0.2) is 0 Å². The lowest BCUT2D eigenvalue weighted by atomic mass is 9.95. The Labute approximate surface area is 179 Å². The molecule has 0 spiro atoms. The molecule has 2 aromatic rings. The minimum Gasteiger partial charge on any atom is -0.507 e. The van der Waals surface area contributed by atoms with E-state index in [-0.39, 0.29) is 17.4 Å². The zero-order valence-electron chi connectivity index (χ0n) is 17.0. The molecule has 7 heteroatoms. The van der Waals surface area contributed by atoms with Gasteiger partial charge in [-0.1, -0.05) is 30.3 Å².